The molecule has 16 heavy (non-hydrogen) atoms. The van der Waals surface area contributed by atoms with Gasteiger partial charge in [-0.2, -0.15) is 0 Å². The van der Waals surface area contributed by atoms with Gasteiger partial charge in [0.05, 0.1) is 12.5 Å². The Bertz CT molecular complexity index is 391. The van der Waals surface area contributed by atoms with Gasteiger partial charge in [-0.15, -0.1) is 0 Å². The molecular formula is C11H15N3O2. The lowest BCUT2D eigenvalue weighted by molar-refractivity contribution is -0.521. The van der Waals surface area contributed by atoms with Gasteiger partial charge in [-0.3, -0.25) is 15.0 Å². The number of hydrogen-bond acceptors (Lipinski definition) is 4. The minimum absolute atomic E-state index is 0.0272. The van der Waals surface area contributed by atoms with Gasteiger partial charge in [-0.1, -0.05) is 12.1 Å². The predicted octanol–water partition coefficient (Wildman–Crippen LogP) is 0.943. The van der Waals surface area contributed by atoms with Gasteiger partial charge < -0.3 is 5.73 Å². The van der Waals surface area contributed by atoms with Crippen molar-refractivity contribution < 1.29 is 4.92 Å². The molecule has 5 heteroatoms. The Morgan fingerprint density at radius 1 is 1.38 bits per heavy atom. The molecule has 1 heterocycles. The molecule has 2 rings (SSSR count). The molecule has 1 aromatic carbocycles. The minimum Gasteiger partial charge on any atom is -0.399 e. The van der Waals surface area contributed by atoms with E-state index in [1.165, 1.54) is 0 Å². The fourth-order valence-corrected chi connectivity index (χ4v) is 2.26. The van der Waals surface area contributed by atoms with Crippen LogP contribution in [0.3, 0.4) is 0 Å². The molecule has 0 radical (unpaired) electrons. The number of benzene rings is 1. The van der Waals surface area contributed by atoms with Crippen molar-refractivity contribution in [2.24, 2.45) is 0 Å². The average Bonchev–Trinajstić information content (AvgIpc) is 2.61. The first-order valence-corrected chi connectivity index (χ1v) is 5.25. The van der Waals surface area contributed by atoms with E-state index in [9.17, 15) is 10.1 Å². The van der Waals surface area contributed by atoms with E-state index in [2.05, 4.69) is 0 Å². The molecule has 86 valence electrons. The van der Waals surface area contributed by atoms with Gasteiger partial charge in [0.25, 0.3) is 0 Å². The molecule has 1 saturated heterocycles. The van der Waals surface area contributed by atoms with Crippen LogP contribution >= 0.6 is 0 Å². The number of likely N-dealkylation sites (N-methyl/N-ethyl adjacent to an activating group) is 1. The van der Waals surface area contributed by atoms with E-state index in [4.69, 9.17) is 5.73 Å². The standard InChI is InChI=1S/C11H15N3O2/c1-13-6-10(11(7-13)14(15)16)8-2-4-9(12)5-3-8/h2-5,10-11H,6-7,12H2,1H3/t10-,11+/m1/s1. The molecule has 0 amide bonds. The quantitative estimate of drug-likeness (QED) is 0.458. The topological polar surface area (TPSA) is 72.4 Å². The normalized spacial score (nSPS) is 25.8. The summed E-state index contributed by atoms with van der Waals surface area (Å²) >= 11 is 0. The van der Waals surface area contributed by atoms with Crippen LogP contribution in [0.25, 0.3) is 0 Å². The number of anilines is 1. The lowest BCUT2D eigenvalue weighted by atomic mass is 9.94. The second kappa shape index (κ2) is 4.09. The van der Waals surface area contributed by atoms with E-state index in [0.717, 1.165) is 12.1 Å². The zero-order chi connectivity index (χ0) is 11.7. The van der Waals surface area contributed by atoms with Crippen LogP contribution in [0.15, 0.2) is 24.3 Å². The molecule has 0 unspecified atom stereocenters. The molecule has 2 N–H and O–H groups in total. The fourth-order valence-electron chi connectivity index (χ4n) is 2.26. The Morgan fingerprint density at radius 2 is 2.00 bits per heavy atom. The highest BCUT2D eigenvalue weighted by Gasteiger charge is 2.40. The van der Waals surface area contributed by atoms with Crippen molar-refractivity contribution in [3.63, 3.8) is 0 Å². The third-order valence-electron chi connectivity index (χ3n) is 3.11. The highest BCUT2D eigenvalue weighted by atomic mass is 16.6. The number of nitro groups is 1. The van der Waals surface area contributed by atoms with Gasteiger partial charge in [-0.05, 0) is 24.7 Å². The molecule has 0 bridgehead atoms. The third kappa shape index (κ3) is 1.99. The van der Waals surface area contributed by atoms with Crippen LogP contribution in [0.5, 0.6) is 0 Å². The molecule has 1 fully saturated rings. The average molecular weight is 221 g/mol. The molecule has 0 spiro atoms. The second-order valence-electron chi connectivity index (χ2n) is 4.35. The molecular weight excluding hydrogens is 206 g/mol. The van der Waals surface area contributed by atoms with Crippen molar-refractivity contribution in [1.82, 2.24) is 4.90 Å². The van der Waals surface area contributed by atoms with Crippen molar-refractivity contribution in [3.8, 4) is 0 Å². The number of nitrogens with two attached hydrogens (primary N) is 1. The highest BCUT2D eigenvalue weighted by molar-refractivity contribution is 5.40. The SMILES string of the molecule is CN1C[C@H](c2ccc(N)cc2)[C@@H]([N+](=O)[O-])C1. The summed E-state index contributed by atoms with van der Waals surface area (Å²) in [7, 11) is 1.91. The second-order valence-corrected chi connectivity index (χ2v) is 4.35. The zero-order valence-corrected chi connectivity index (χ0v) is 9.17. The summed E-state index contributed by atoms with van der Waals surface area (Å²) in [6, 6.07) is 6.86. The summed E-state index contributed by atoms with van der Waals surface area (Å²) in [5.41, 5.74) is 7.29. The Labute approximate surface area is 94.0 Å². The Morgan fingerprint density at radius 3 is 2.56 bits per heavy atom. The highest BCUT2D eigenvalue weighted by Crippen LogP contribution is 2.28. The first kappa shape index (κ1) is 10.9. The van der Waals surface area contributed by atoms with E-state index in [1.54, 1.807) is 12.1 Å². The van der Waals surface area contributed by atoms with Crippen LogP contribution in [0, 0.1) is 10.1 Å². The van der Waals surface area contributed by atoms with Gasteiger partial charge in [-0.25, -0.2) is 0 Å². The molecule has 1 aliphatic heterocycles. The van der Waals surface area contributed by atoms with Gasteiger partial charge in [0.1, 0.15) is 0 Å². The summed E-state index contributed by atoms with van der Waals surface area (Å²) in [5.74, 6) is -0.0272. The van der Waals surface area contributed by atoms with Gasteiger partial charge in [0, 0.05) is 17.2 Å². The van der Waals surface area contributed by atoms with E-state index in [-0.39, 0.29) is 10.8 Å². The predicted molar refractivity (Wildman–Crippen MR) is 61.9 cm³/mol. The number of hydrogen-bond donors (Lipinski definition) is 1. The maximum absolute atomic E-state index is 11.0. The van der Waals surface area contributed by atoms with Crippen LogP contribution in [-0.2, 0) is 0 Å². The van der Waals surface area contributed by atoms with Gasteiger partial charge >= 0.3 is 0 Å². The summed E-state index contributed by atoms with van der Waals surface area (Å²) in [6.45, 7) is 1.25. The van der Waals surface area contributed by atoms with E-state index >= 15 is 0 Å². The molecule has 0 aliphatic carbocycles. The van der Waals surface area contributed by atoms with Crippen LogP contribution in [-0.4, -0.2) is 36.0 Å². The number of rotatable bonds is 2. The maximum atomic E-state index is 11.0. The van der Waals surface area contributed by atoms with E-state index in [1.807, 2.05) is 24.1 Å². The summed E-state index contributed by atoms with van der Waals surface area (Å²) in [6.07, 6.45) is 0. The van der Waals surface area contributed by atoms with Gasteiger partial charge in [0.15, 0.2) is 0 Å². The zero-order valence-electron chi connectivity index (χ0n) is 9.17. The summed E-state index contributed by atoms with van der Waals surface area (Å²) < 4.78 is 0. The molecule has 2 atom stereocenters. The van der Waals surface area contributed by atoms with Crippen molar-refractivity contribution in [2.45, 2.75) is 12.0 Å². The monoisotopic (exact) mass is 221 g/mol. The number of nitrogens with zero attached hydrogens (tertiary/aromatic N) is 2. The minimum atomic E-state index is -0.506. The lowest BCUT2D eigenvalue weighted by Crippen LogP contribution is -2.27. The number of nitrogen functional groups attached to an aromatic ring is 1. The summed E-state index contributed by atoms with van der Waals surface area (Å²) in [5, 5.41) is 11.0. The first-order chi connectivity index (χ1) is 7.58. The van der Waals surface area contributed by atoms with Crippen molar-refractivity contribution in [1.29, 1.82) is 0 Å². The Kier molecular flexibility index (Phi) is 2.78. The van der Waals surface area contributed by atoms with Crippen LogP contribution in [0.1, 0.15) is 11.5 Å². The van der Waals surface area contributed by atoms with Crippen LogP contribution < -0.4 is 5.73 Å². The lowest BCUT2D eigenvalue weighted by Gasteiger charge is -2.12. The van der Waals surface area contributed by atoms with Crippen LogP contribution in [0.2, 0.25) is 0 Å². The first-order valence-electron chi connectivity index (χ1n) is 5.25. The van der Waals surface area contributed by atoms with Gasteiger partial charge in [0.2, 0.25) is 6.04 Å². The molecule has 1 aromatic rings. The maximum Gasteiger partial charge on any atom is 0.233 e. The van der Waals surface area contributed by atoms with Crippen LogP contribution in [0.4, 0.5) is 5.69 Å². The van der Waals surface area contributed by atoms with Crippen molar-refractivity contribution in [2.75, 3.05) is 25.9 Å². The summed E-state index contributed by atoms with van der Waals surface area (Å²) in [4.78, 5) is 12.8. The Balaban J connectivity index is 2.25. The smallest absolute Gasteiger partial charge is 0.233 e. The molecule has 5 nitrogen and oxygen atoms in total. The van der Waals surface area contributed by atoms with Crippen molar-refractivity contribution in [3.05, 3.63) is 39.9 Å². The molecule has 1 aliphatic rings. The van der Waals surface area contributed by atoms with E-state index < -0.39 is 6.04 Å². The molecule has 0 saturated carbocycles. The van der Waals surface area contributed by atoms with E-state index in [0.29, 0.717) is 12.2 Å². The largest absolute Gasteiger partial charge is 0.399 e. The number of likely N-dealkylation sites (tertiary alicyclic amines) is 1. The molecule has 0 aromatic heterocycles. The van der Waals surface area contributed by atoms with Crippen molar-refractivity contribution >= 4 is 5.69 Å². The Hall–Kier alpha value is -1.62. The third-order valence-corrected chi connectivity index (χ3v) is 3.11. The fraction of sp³-hybridized carbons (Fsp3) is 0.455.